The summed E-state index contributed by atoms with van der Waals surface area (Å²) in [6, 6.07) is 10.8. The second-order valence-corrected chi connectivity index (χ2v) is 5.81. The molecule has 0 aliphatic carbocycles. The molecule has 1 aromatic carbocycles. The standard InChI is InChI=1S/C16H12ClN3OS/c17-14-4-2-1-3-13(14)15(21)19-9-12-10-22-16(20-12)11-5-7-18-8-6-11/h1-8,10H,9H2,(H,19,21). The van der Waals surface area contributed by atoms with E-state index in [1.165, 1.54) is 11.3 Å². The minimum Gasteiger partial charge on any atom is -0.346 e. The topological polar surface area (TPSA) is 54.9 Å². The molecular formula is C16H12ClN3OS. The average molecular weight is 330 g/mol. The van der Waals surface area contributed by atoms with Gasteiger partial charge in [-0.05, 0) is 24.3 Å². The molecule has 0 aliphatic rings. The lowest BCUT2D eigenvalue weighted by atomic mass is 10.2. The van der Waals surface area contributed by atoms with Crippen molar-refractivity contribution in [1.82, 2.24) is 15.3 Å². The molecule has 22 heavy (non-hydrogen) atoms. The van der Waals surface area contributed by atoms with Crippen molar-refractivity contribution in [2.75, 3.05) is 0 Å². The minimum absolute atomic E-state index is 0.205. The second kappa shape index (κ2) is 6.68. The lowest BCUT2D eigenvalue weighted by molar-refractivity contribution is 0.0950. The summed E-state index contributed by atoms with van der Waals surface area (Å²) in [5, 5.41) is 6.11. The van der Waals surface area contributed by atoms with Crippen LogP contribution in [0.15, 0.2) is 54.2 Å². The number of thiazole rings is 1. The molecule has 0 unspecified atom stereocenters. The number of carbonyl (C=O) groups is 1. The fourth-order valence-electron chi connectivity index (χ4n) is 1.93. The summed E-state index contributed by atoms with van der Waals surface area (Å²) in [6.45, 7) is 0.367. The fourth-order valence-corrected chi connectivity index (χ4v) is 2.97. The second-order valence-electron chi connectivity index (χ2n) is 4.54. The predicted octanol–water partition coefficient (Wildman–Crippen LogP) is 3.79. The Hall–Kier alpha value is -2.24. The van der Waals surface area contributed by atoms with Gasteiger partial charge in [0.25, 0.3) is 5.91 Å². The van der Waals surface area contributed by atoms with Crippen molar-refractivity contribution in [3.05, 3.63) is 70.5 Å². The molecular weight excluding hydrogens is 318 g/mol. The van der Waals surface area contributed by atoms with Gasteiger partial charge in [0.15, 0.2) is 0 Å². The van der Waals surface area contributed by atoms with E-state index in [4.69, 9.17) is 11.6 Å². The van der Waals surface area contributed by atoms with E-state index in [-0.39, 0.29) is 5.91 Å². The van der Waals surface area contributed by atoms with Crippen LogP contribution in [-0.4, -0.2) is 15.9 Å². The van der Waals surface area contributed by atoms with E-state index < -0.39 is 0 Å². The van der Waals surface area contributed by atoms with Crippen molar-refractivity contribution in [3.63, 3.8) is 0 Å². The van der Waals surface area contributed by atoms with Crippen LogP contribution in [0.4, 0.5) is 0 Å². The van der Waals surface area contributed by atoms with E-state index in [1.807, 2.05) is 17.5 Å². The Kier molecular flexibility index (Phi) is 4.46. The van der Waals surface area contributed by atoms with Crippen LogP contribution in [-0.2, 0) is 6.54 Å². The zero-order valence-electron chi connectivity index (χ0n) is 11.5. The Balaban J connectivity index is 1.67. The molecule has 0 atom stereocenters. The summed E-state index contributed by atoms with van der Waals surface area (Å²) < 4.78 is 0. The Labute approximate surface area is 136 Å². The van der Waals surface area contributed by atoms with Gasteiger partial charge < -0.3 is 5.32 Å². The Bertz CT molecular complexity index is 789. The van der Waals surface area contributed by atoms with Crippen LogP contribution >= 0.6 is 22.9 Å². The lowest BCUT2D eigenvalue weighted by Gasteiger charge is -2.04. The molecule has 4 nitrogen and oxygen atoms in total. The first kappa shape index (κ1) is 14.7. The third kappa shape index (κ3) is 3.32. The van der Waals surface area contributed by atoms with Gasteiger partial charge in [-0.3, -0.25) is 9.78 Å². The number of aromatic nitrogens is 2. The summed E-state index contributed by atoms with van der Waals surface area (Å²) in [4.78, 5) is 20.6. The minimum atomic E-state index is -0.205. The number of amides is 1. The van der Waals surface area contributed by atoms with Crippen LogP contribution in [0.1, 0.15) is 16.1 Å². The van der Waals surface area contributed by atoms with Crippen molar-refractivity contribution in [2.24, 2.45) is 0 Å². The number of carbonyl (C=O) groups excluding carboxylic acids is 1. The molecule has 0 spiro atoms. The highest BCUT2D eigenvalue weighted by Gasteiger charge is 2.10. The normalized spacial score (nSPS) is 10.4. The van der Waals surface area contributed by atoms with Gasteiger partial charge in [-0.15, -0.1) is 11.3 Å². The van der Waals surface area contributed by atoms with Crippen LogP contribution < -0.4 is 5.32 Å². The zero-order valence-corrected chi connectivity index (χ0v) is 13.1. The number of benzene rings is 1. The molecule has 0 saturated carbocycles. The first-order valence-corrected chi connectivity index (χ1v) is 7.87. The third-order valence-corrected chi connectivity index (χ3v) is 4.30. The molecule has 3 rings (SSSR count). The number of hydrogen-bond donors (Lipinski definition) is 1. The maximum atomic E-state index is 12.1. The fraction of sp³-hybridized carbons (Fsp3) is 0.0625. The highest BCUT2D eigenvalue weighted by molar-refractivity contribution is 7.13. The predicted molar refractivity (Wildman–Crippen MR) is 88.0 cm³/mol. The molecule has 1 N–H and O–H groups in total. The van der Waals surface area contributed by atoms with Crippen LogP contribution in [0, 0.1) is 0 Å². The molecule has 0 radical (unpaired) electrons. The van der Waals surface area contributed by atoms with Gasteiger partial charge in [0, 0.05) is 23.3 Å². The summed E-state index contributed by atoms with van der Waals surface area (Å²) in [5.41, 5.74) is 2.30. The van der Waals surface area contributed by atoms with E-state index in [2.05, 4.69) is 15.3 Å². The van der Waals surface area contributed by atoms with Crippen LogP contribution in [0.2, 0.25) is 5.02 Å². The smallest absolute Gasteiger partial charge is 0.253 e. The number of nitrogens with one attached hydrogen (secondary N) is 1. The largest absolute Gasteiger partial charge is 0.346 e. The van der Waals surface area contributed by atoms with Crippen molar-refractivity contribution in [1.29, 1.82) is 0 Å². The van der Waals surface area contributed by atoms with Crippen LogP contribution in [0.5, 0.6) is 0 Å². The summed E-state index contributed by atoms with van der Waals surface area (Å²) in [5.74, 6) is -0.205. The van der Waals surface area contributed by atoms with Crippen molar-refractivity contribution >= 4 is 28.8 Å². The van der Waals surface area contributed by atoms with Crippen LogP contribution in [0.3, 0.4) is 0 Å². The SMILES string of the molecule is O=C(NCc1csc(-c2ccncc2)n1)c1ccccc1Cl. The number of hydrogen-bond acceptors (Lipinski definition) is 4. The Morgan fingerprint density at radius 1 is 1.18 bits per heavy atom. The van der Waals surface area contributed by atoms with Gasteiger partial charge in [0.2, 0.25) is 0 Å². The molecule has 0 saturated heterocycles. The molecule has 110 valence electrons. The molecule has 0 fully saturated rings. The monoisotopic (exact) mass is 329 g/mol. The average Bonchev–Trinajstić information content (AvgIpc) is 3.03. The number of rotatable bonds is 4. The molecule has 1 amide bonds. The molecule has 2 heterocycles. The van der Waals surface area contributed by atoms with Gasteiger partial charge in [-0.1, -0.05) is 23.7 Å². The molecule has 3 aromatic rings. The molecule has 0 aliphatic heterocycles. The van der Waals surface area contributed by atoms with E-state index in [9.17, 15) is 4.79 Å². The van der Waals surface area contributed by atoms with E-state index in [0.29, 0.717) is 17.1 Å². The van der Waals surface area contributed by atoms with E-state index in [0.717, 1.165) is 16.3 Å². The Morgan fingerprint density at radius 3 is 2.73 bits per heavy atom. The quantitative estimate of drug-likeness (QED) is 0.792. The van der Waals surface area contributed by atoms with Crippen molar-refractivity contribution in [3.8, 4) is 10.6 Å². The van der Waals surface area contributed by atoms with Crippen molar-refractivity contribution < 1.29 is 4.79 Å². The van der Waals surface area contributed by atoms with Gasteiger partial charge in [0.05, 0.1) is 22.8 Å². The van der Waals surface area contributed by atoms with Crippen LogP contribution in [0.25, 0.3) is 10.6 Å². The summed E-state index contributed by atoms with van der Waals surface area (Å²) in [6.07, 6.45) is 3.46. The zero-order chi connectivity index (χ0) is 15.4. The number of nitrogens with zero attached hydrogens (tertiary/aromatic N) is 2. The summed E-state index contributed by atoms with van der Waals surface area (Å²) >= 11 is 7.54. The first-order chi connectivity index (χ1) is 10.7. The molecule has 6 heteroatoms. The summed E-state index contributed by atoms with van der Waals surface area (Å²) in [7, 11) is 0. The Morgan fingerprint density at radius 2 is 1.95 bits per heavy atom. The maximum Gasteiger partial charge on any atom is 0.253 e. The molecule has 0 bridgehead atoms. The molecule has 2 aromatic heterocycles. The number of halogens is 1. The van der Waals surface area contributed by atoms with Gasteiger partial charge in [0.1, 0.15) is 5.01 Å². The van der Waals surface area contributed by atoms with Gasteiger partial charge >= 0.3 is 0 Å². The van der Waals surface area contributed by atoms with Crippen molar-refractivity contribution in [2.45, 2.75) is 6.54 Å². The van der Waals surface area contributed by atoms with Gasteiger partial charge in [-0.25, -0.2) is 4.98 Å². The highest BCUT2D eigenvalue weighted by atomic mass is 35.5. The number of pyridine rings is 1. The lowest BCUT2D eigenvalue weighted by Crippen LogP contribution is -2.23. The van der Waals surface area contributed by atoms with E-state index in [1.54, 1.807) is 36.7 Å². The third-order valence-electron chi connectivity index (χ3n) is 3.03. The highest BCUT2D eigenvalue weighted by Crippen LogP contribution is 2.22. The van der Waals surface area contributed by atoms with Gasteiger partial charge in [-0.2, -0.15) is 0 Å². The van der Waals surface area contributed by atoms with E-state index >= 15 is 0 Å². The first-order valence-electron chi connectivity index (χ1n) is 6.61. The maximum absolute atomic E-state index is 12.1.